The first-order valence-electron chi connectivity index (χ1n) is 6.08. The summed E-state index contributed by atoms with van der Waals surface area (Å²) >= 11 is 0. The fourth-order valence-corrected chi connectivity index (χ4v) is 2.72. The number of hydrogen-bond acceptors (Lipinski definition) is 1. The largest absolute Gasteiger partial charge is 0.303 e. The Morgan fingerprint density at radius 3 is 2.46 bits per heavy atom. The number of rotatable bonds is 0. The van der Waals surface area contributed by atoms with Crippen molar-refractivity contribution in [1.82, 2.24) is 4.90 Å². The zero-order chi connectivity index (χ0) is 9.10. The molecule has 13 heavy (non-hydrogen) atoms. The van der Waals surface area contributed by atoms with Crippen LogP contribution in [0.25, 0.3) is 0 Å². The van der Waals surface area contributed by atoms with Gasteiger partial charge in [-0.05, 0) is 38.8 Å². The third-order valence-corrected chi connectivity index (χ3v) is 3.79. The van der Waals surface area contributed by atoms with E-state index in [9.17, 15) is 0 Å². The second-order valence-electron chi connectivity index (χ2n) is 4.95. The Morgan fingerprint density at radius 2 is 1.62 bits per heavy atom. The lowest BCUT2D eigenvalue weighted by molar-refractivity contribution is 0.300. The molecule has 2 rings (SSSR count). The van der Waals surface area contributed by atoms with Crippen LogP contribution in [0, 0.1) is 5.92 Å². The van der Waals surface area contributed by atoms with E-state index in [1.807, 2.05) is 0 Å². The van der Waals surface area contributed by atoms with Gasteiger partial charge in [-0.2, -0.15) is 0 Å². The molecule has 2 aliphatic rings. The third kappa shape index (κ3) is 2.70. The van der Waals surface area contributed by atoms with E-state index >= 15 is 0 Å². The van der Waals surface area contributed by atoms with Crippen LogP contribution in [-0.2, 0) is 0 Å². The summed E-state index contributed by atoms with van der Waals surface area (Å²) in [7, 11) is 2.32. The minimum Gasteiger partial charge on any atom is -0.303 e. The van der Waals surface area contributed by atoms with Crippen molar-refractivity contribution < 1.29 is 0 Å². The van der Waals surface area contributed by atoms with Crippen LogP contribution in [0.5, 0.6) is 0 Å². The van der Waals surface area contributed by atoms with E-state index in [0.717, 1.165) is 12.0 Å². The van der Waals surface area contributed by atoms with Crippen molar-refractivity contribution in [3.05, 3.63) is 0 Å². The molecular formula is C12H23N. The van der Waals surface area contributed by atoms with E-state index in [1.165, 1.54) is 57.9 Å². The molecule has 1 nitrogen and oxygen atoms in total. The lowest BCUT2D eigenvalue weighted by Crippen LogP contribution is -2.23. The molecule has 1 heterocycles. The van der Waals surface area contributed by atoms with Gasteiger partial charge in [0.2, 0.25) is 0 Å². The predicted octanol–water partition coefficient (Wildman–Crippen LogP) is 3.05. The molecule has 0 aromatic heterocycles. The summed E-state index contributed by atoms with van der Waals surface area (Å²) in [5, 5.41) is 0. The second-order valence-corrected chi connectivity index (χ2v) is 4.95. The Hall–Kier alpha value is -0.0400. The van der Waals surface area contributed by atoms with Crippen molar-refractivity contribution in [3.63, 3.8) is 0 Å². The van der Waals surface area contributed by atoms with E-state index in [0.29, 0.717) is 0 Å². The number of fused-ring (bicyclic) bond motifs is 1. The number of nitrogens with zero attached hydrogens (tertiary/aromatic N) is 1. The molecule has 1 heteroatoms. The highest BCUT2D eigenvalue weighted by atomic mass is 15.2. The van der Waals surface area contributed by atoms with E-state index in [-0.39, 0.29) is 0 Å². The fraction of sp³-hybridized carbons (Fsp3) is 1.00. The third-order valence-electron chi connectivity index (χ3n) is 3.79. The van der Waals surface area contributed by atoms with Gasteiger partial charge in [-0.3, -0.25) is 0 Å². The Bertz CT molecular complexity index is 155. The topological polar surface area (TPSA) is 3.24 Å². The van der Waals surface area contributed by atoms with Crippen molar-refractivity contribution in [3.8, 4) is 0 Å². The minimum atomic E-state index is 0.970. The molecule has 1 aliphatic carbocycles. The predicted molar refractivity (Wildman–Crippen MR) is 56.8 cm³/mol. The number of hydrogen-bond donors (Lipinski definition) is 0. The molecule has 0 N–H and O–H groups in total. The molecule has 0 amide bonds. The molecule has 0 aromatic rings. The second kappa shape index (κ2) is 4.45. The van der Waals surface area contributed by atoms with Crippen LogP contribution >= 0.6 is 0 Å². The van der Waals surface area contributed by atoms with Crippen LogP contribution in [0.4, 0.5) is 0 Å². The lowest BCUT2D eigenvalue weighted by Gasteiger charge is -2.15. The molecule has 0 radical (unpaired) electrons. The van der Waals surface area contributed by atoms with Crippen LogP contribution in [0.15, 0.2) is 0 Å². The highest BCUT2D eigenvalue weighted by molar-refractivity contribution is 4.93. The summed E-state index contributed by atoms with van der Waals surface area (Å²) in [6, 6.07) is 0.970. The van der Waals surface area contributed by atoms with Gasteiger partial charge in [0, 0.05) is 6.04 Å². The molecule has 2 fully saturated rings. The minimum absolute atomic E-state index is 0.970. The standard InChI is InChI=1S/C12H23N/c1-13-9-7-5-3-2-4-6-8-11-10-12(11)13/h11-12H,2-10H2,1H3. The first-order chi connectivity index (χ1) is 6.38. The van der Waals surface area contributed by atoms with Crippen LogP contribution in [0.3, 0.4) is 0 Å². The van der Waals surface area contributed by atoms with E-state index in [1.54, 1.807) is 0 Å². The van der Waals surface area contributed by atoms with Gasteiger partial charge in [0.15, 0.2) is 0 Å². The van der Waals surface area contributed by atoms with Gasteiger partial charge in [-0.1, -0.05) is 32.1 Å². The quantitative estimate of drug-likeness (QED) is 0.555. The van der Waals surface area contributed by atoms with Crippen LogP contribution in [0.1, 0.15) is 51.4 Å². The average molecular weight is 181 g/mol. The highest BCUT2D eigenvalue weighted by Crippen LogP contribution is 2.39. The maximum atomic E-state index is 2.61. The first-order valence-corrected chi connectivity index (χ1v) is 6.08. The molecule has 76 valence electrons. The van der Waals surface area contributed by atoms with Gasteiger partial charge in [0.1, 0.15) is 0 Å². The summed E-state index contributed by atoms with van der Waals surface area (Å²) in [6.07, 6.45) is 11.8. The average Bonchev–Trinajstić information content (AvgIpc) is 2.87. The maximum Gasteiger partial charge on any atom is 0.0124 e. The molecule has 1 saturated carbocycles. The normalized spacial score (nSPS) is 37.6. The van der Waals surface area contributed by atoms with E-state index in [2.05, 4.69) is 11.9 Å². The highest BCUT2D eigenvalue weighted by Gasteiger charge is 2.38. The monoisotopic (exact) mass is 181 g/mol. The first kappa shape index (κ1) is 9.51. The van der Waals surface area contributed by atoms with Crippen LogP contribution < -0.4 is 0 Å². The molecule has 1 aliphatic heterocycles. The SMILES string of the molecule is CN1CCCCCCCCC2CC21. The molecular weight excluding hydrogens is 158 g/mol. The van der Waals surface area contributed by atoms with Crippen molar-refractivity contribution in [2.75, 3.05) is 13.6 Å². The van der Waals surface area contributed by atoms with E-state index < -0.39 is 0 Å². The molecule has 0 aromatic carbocycles. The van der Waals surface area contributed by atoms with Crippen molar-refractivity contribution in [1.29, 1.82) is 0 Å². The van der Waals surface area contributed by atoms with Gasteiger partial charge in [-0.25, -0.2) is 0 Å². The zero-order valence-corrected chi connectivity index (χ0v) is 8.97. The summed E-state index contributed by atoms with van der Waals surface area (Å²) < 4.78 is 0. The van der Waals surface area contributed by atoms with Crippen LogP contribution in [-0.4, -0.2) is 24.5 Å². The zero-order valence-electron chi connectivity index (χ0n) is 8.97. The molecule has 0 bridgehead atoms. The van der Waals surface area contributed by atoms with Crippen molar-refractivity contribution in [2.45, 2.75) is 57.4 Å². The Kier molecular flexibility index (Phi) is 3.26. The van der Waals surface area contributed by atoms with Gasteiger partial charge in [-0.15, -0.1) is 0 Å². The summed E-state index contributed by atoms with van der Waals surface area (Å²) in [4.78, 5) is 2.61. The summed E-state index contributed by atoms with van der Waals surface area (Å²) in [5.74, 6) is 1.07. The smallest absolute Gasteiger partial charge is 0.0124 e. The van der Waals surface area contributed by atoms with Gasteiger partial charge >= 0.3 is 0 Å². The molecule has 2 unspecified atom stereocenters. The van der Waals surface area contributed by atoms with Crippen molar-refractivity contribution >= 4 is 0 Å². The van der Waals surface area contributed by atoms with Crippen LogP contribution in [0.2, 0.25) is 0 Å². The lowest BCUT2D eigenvalue weighted by atomic mass is 10.1. The van der Waals surface area contributed by atoms with Gasteiger partial charge in [0.25, 0.3) is 0 Å². The molecule has 2 atom stereocenters. The Labute approximate surface area is 82.5 Å². The van der Waals surface area contributed by atoms with Gasteiger partial charge in [0.05, 0.1) is 0 Å². The Morgan fingerprint density at radius 1 is 0.923 bits per heavy atom. The fourth-order valence-electron chi connectivity index (χ4n) is 2.72. The van der Waals surface area contributed by atoms with Crippen molar-refractivity contribution in [2.24, 2.45) is 5.92 Å². The molecule has 1 saturated heterocycles. The summed E-state index contributed by atoms with van der Waals surface area (Å²) in [6.45, 7) is 1.35. The van der Waals surface area contributed by atoms with E-state index in [4.69, 9.17) is 0 Å². The Balaban J connectivity index is 1.78. The summed E-state index contributed by atoms with van der Waals surface area (Å²) in [5.41, 5.74) is 0. The molecule has 0 spiro atoms. The maximum absolute atomic E-state index is 2.61. The van der Waals surface area contributed by atoms with Gasteiger partial charge < -0.3 is 4.90 Å².